The molecule has 4 heteroatoms. The molecule has 1 aliphatic carbocycles. The van der Waals surface area contributed by atoms with Crippen molar-refractivity contribution in [2.45, 2.75) is 45.1 Å². The molecule has 1 fully saturated rings. The molecule has 0 aliphatic heterocycles. The van der Waals surface area contributed by atoms with Crippen LogP contribution in [-0.4, -0.2) is 22.6 Å². The molecule has 1 heterocycles. The Morgan fingerprint density at radius 2 is 2.00 bits per heavy atom. The summed E-state index contributed by atoms with van der Waals surface area (Å²) in [5.41, 5.74) is 5.55. The number of nitrogen functional groups attached to an aromatic ring is 1. The molecule has 0 saturated heterocycles. The van der Waals surface area contributed by atoms with Gasteiger partial charge in [-0.25, -0.2) is 9.97 Å². The van der Waals surface area contributed by atoms with Gasteiger partial charge in [0.25, 0.3) is 0 Å². The van der Waals surface area contributed by atoms with Crippen molar-refractivity contribution in [1.29, 1.82) is 0 Å². The molecule has 2 N–H and O–H groups in total. The van der Waals surface area contributed by atoms with Gasteiger partial charge in [0.1, 0.15) is 11.6 Å². The highest BCUT2D eigenvalue weighted by Crippen LogP contribution is 2.25. The summed E-state index contributed by atoms with van der Waals surface area (Å²) in [4.78, 5) is 10.8. The quantitative estimate of drug-likeness (QED) is 0.848. The van der Waals surface area contributed by atoms with Gasteiger partial charge in [0.15, 0.2) is 0 Å². The molecular formula is C12H20N4. The summed E-state index contributed by atoms with van der Waals surface area (Å²) in [6.07, 6.45) is 10.0. The number of rotatable bonds is 3. The van der Waals surface area contributed by atoms with Gasteiger partial charge in [-0.05, 0) is 19.8 Å². The van der Waals surface area contributed by atoms with Crippen LogP contribution in [0.25, 0.3) is 0 Å². The zero-order valence-electron chi connectivity index (χ0n) is 9.89. The third-order valence-electron chi connectivity index (χ3n) is 3.31. The fourth-order valence-electron chi connectivity index (χ4n) is 2.48. The van der Waals surface area contributed by atoms with E-state index in [2.05, 4.69) is 21.8 Å². The van der Waals surface area contributed by atoms with Crippen LogP contribution in [-0.2, 0) is 0 Å². The highest BCUT2D eigenvalue weighted by molar-refractivity contribution is 5.40. The lowest BCUT2D eigenvalue weighted by molar-refractivity contribution is 0.416. The Balaban J connectivity index is 2.11. The van der Waals surface area contributed by atoms with Crippen LogP contribution in [0.1, 0.15) is 39.0 Å². The summed E-state index contributed by atoms with van der Waals surface area (Å²) >= 11 is 0. The van der Waals surface area contributed by atoms with Gasteiger partial charge in [-0.1, -0.05) is 19.3 Å². The van der Waals surface area contributed by atoms with E-state index in [0.717, 1.165) is 12.4 Å². The van der Waals surface area contributed by atoms with Crippen LogP contribution in [0.2, 0.25) is 0 Å². The van der Waals surface area contributed by atoms with E-state index < -0.39 is 0 Å². The zero-order chi connectivity index (χ0) is 11.4. The summed E-state index contributed by atoms with van der Waals surface area (Å²) in [7, 11) is 0. The average Bonchev–Trinajstić information content (AvgIpc) is 2.34. The number of aromatic nitrogens is 2. The average molecular weight is 220 g/mol. The van der Waals surface area contributed by atoms with Crippen LogP contribution >= 0.6 is 0 Å². The number of hydrogen-bond donors (Lipinski definition) is 1. The van der Waals surface area contributed by atoms with Crippen LogP contribution in [0.5, 0.6) is 0 Å². The zero-order valence-corrected chi connectivity index (χ0v) is 9.89. The fourth-order valence-corrected chi connectivity index (χ4v) is 2.48. The van der Waals surface area contributed by atoms with Crippen molar-refractivity contribution in [1.82, 2.24) is 9.97 Å². The van der Waals surface area contributed by atoms with Gasteiger partial charge < -0.3 is 10.6 Å². The summed E-state index contributed by atoms with van der Waals surface area (Å²) in [6.45, 7) is 3.16. The van der Waals surface area contributed by atoms with Gasteiger partial charge in [-0.3, -0.25) is 0 Å². The lowest BCUT2D eigenvalue weighted by Crippen LogP contribution is -2.37. The summed E-state index contributed by atoms with van der Waals surface area (Å²) in [6, 6.07) is 0.636. The third kappa shape index (κ3) is 2.43. The summed E-state index contributed by atoms with van der Waals surface area (Å²) in [5.74, 6) is 1.45. The SMILES string of the molecule is CCN(c1cnc(N)cn1)C1CCCCC1. The first-order chi connectivity index (χ1) is 7.81. The number of nitrogens with two attached hydrogens (primary N) is 1. The Bertz CT molecular complexity index is 316. The van der Waals surface area contributed by atoms with Crippen molar-refractivity contribution in [3.63, 3.8) is 0 Å². The molecule has 0 radical (unpaired) electrons. The maximum atomic E-state index is 5.55. The van der Waals surface area contributed by atoms with Crippen molar-refractivity contribution in [2.24, 2.45) is 0 Å². The standard InChI is InChI=1S/C12H20N4/c1-2-16(10-6-4-3-5-7-10)12-9-14-11(13)8-15-12/h8-10H,2-7H2,1H3,(H2,13,14). The van der Waals surface area contributed by atoms with Gasteiger partial charge in [0, 0.05) is 12.6 Å². The van der Waals surface area contributed by atoms with E-state index in [9.17, 15) is 0 Å². The van der Waals surface area contributed by atoms with E-state index in [0.29, 0.717) is 11.9 Å². The van der Waals surface area contributed by atoms with Gasteiger partial charge >= 0.3 is 0 Å². The minimum absolute atomic E-state index is 0.489. The molecule has 0 unspecified atom stereocenters. The first kappa shape index (κ1) is 11.2. The molecule has 1 saturated carbocycles. The Hall–Kier alpha value is -1.32. The number of nitrogens with zero attached hydrogens (tertiary/aromatic N) is 3. The molecular weight excluding hydrogens is 200 g/mol. The number of hydrogen-bond acceptors (Lipinski definition) is 4. The van der Waals surface area contributed by atoms with E-state index in [-0.39, 0.29) is 0 Å². The van der Waals surface area contributed by atoms with Crippen LogP contribution in [0.3, 0.4) is 0 Å². The molecule has 0 spiro atoms. The molecule has 1 aromatic rings. The van der Waals surface area contributed by atoms with E-state index in [4.69, 9.17) is 5.73 Å². The lowest BCUT2D eigenvalue weighted by Gasteiger charge is -2.34. The van der Waals surface area contributed by atoms with Gasteiger partial charge in [0.2, 0.25) is 0 Å². The highest BCUT2D eigenvalue weighted by Gasteiger charge is 2.20. The predicted octanol–water partition coefficient (Wildman–Crippen LogP) is 2.22. The van der Waals surface area contributed by atoms with E-state index in [1.165, 1.54) is 32.1 Å². The highest BCUT2D eigenvalue weighted by atomic mass is 15.2. The van der Waals surface area contributed by atoms with Gasteiger partial charge in [-0.15, -0.1) is 0 Å². The minimum atomic E-state index is 0.489. The van der Waals surface area contributed by atoms with Crippen molar-refractivity contribution in [2.75, 3.05) is 17.2 Å². The van der Waals surface area contributed by atoms with E-state index in [1.54, 1.807) is 12.4 Å². The maximum absolute atomic E-state index is 5.55. The monoisotopic (exact) mass is 220 g/mol. The summed E-state index contributed by atoms with van der Waals surface area (Å²) in [5, 5.41) is 0. The van der Waals surface area contributed by atoms with Crippen LogP contribution < -0.4 is 10.6 Å². The largest absolute Gasteiger partial charge is 0.382 e. The van der Waals surface area contributed by atoms with Gasteiger partial charge in [-0.2, -0.15) is 0 Å². The lowest BCUT2D eigenvalue weighted by atomic mass is 9.94. The molecule has 0 aromatic carbocycles. The van der Waals surface area contributed by atoms with Crippen LogP contribution in [0.4, 0.5) is 11.6 Å². The Kier molecular flexibility index (Phi) is 3.59. The topological polar surface area (TPSA) is 55.0 Å². The smallest absolute Gasteiger partial charge is 0.147 e. The first-order valence-corrected chi connectivity index (χ1v) is 6.15. The second-order valence-electron chi connectivity index (χ2n) is 4.38. The minimum Gasteiger partial charge on any atom is -0.382 e. The fraction of sp³-hybridized carbons (Fsp3) is 0.667. The van der Waals surface area contributed by atoms with Crippen molar-refractivity contribution < 1.29 is 0 Å². The Morgan fingerprint density at radius 3 is 2.56 bits per heavy atom. The van der Waals surface area contributed by atoms with Crippen LogP contribution in [0.15, 0.2) is 12.4 Å². The van der Waals surface area contributed by atoms with E-state index in [1.807, 2.05) is 0 Å². The summed E-state index contributed by atoms with van der Waals surface area (Å²) < 4.78 is 0. The second kappa shape index (κ2) is 5.14. The molecule has 0 amide bonds. The molecule has 16 heavy (non-hydrogen) atoms. The normalized spacial score (nSPS) is 17.3. The molecule has 1 aliphatic rings. The molecule has 2 rings (SSSR count). The van der Waals surface area contributed by atoms with Crippen molar-refractivity contribution in [3.05, 3.63) is 12.4 Å². The molecule has 0 bridgehead atoms. The molecule has 0 atom stereocenters. The second-order valence-corrected chi connectivity index (χ2v) is 4.38. The van der Waals surface area contributed by atoms with Crippen molar-refractivity contribution in [3.8, 4) is 0 Å². The number of anilines is 2. The Labute approximate surface area is 96.9 Å². The first-order valence-electron chi connectivity index (χ1n) is 6.15. The molecule has 4 nitrogen and oxygen atoms in total. The van der Waals surface area contributed by atoms with Gasteiger partial charge in [0.05, 0.1) is 12.4 Å². The maximum Gasteiger partial charge on any atom is 0.147 e. The third-order valence-corrected chi connectivity index (χ3v) is 3.31. The molecule has 88 valence electrons. The predicted molar refractivity (Wildman–Crippen MR) is 66.3 cm³/mol. The van der Waals surface area contributed by atoms with Crippen LogP contribution in [0, 0.1) is 0 Å². The van der Waals surface area contributed by atoms with Crippen molar-refractivity contribution >= 4 is 11.6 Å². The molecule has 1 aromatic heterocycles. The Morgan fingerprint density at radius 1 is 1.25 bits per heavy atom. The van der Waals surface area contributed by atoms with E-state index >= 15 is 0 Å².